The van der Waals surface area contributed by atoms with Gasteiger partial charge in [0.25, 0.3) is 0 Å². The van der Waals surface area contributed by atoms with Gasteiger partial charge in [0.15, 0.2) is 5.82 Å². The van der Waals surface area contributed by atoms with E-state index in [0.717, 1.165) is 62.4 Å². The molecule has 0 fully saturated rings. The summed E-state index contributed by atoms with van der Waals surface area (Å²) in [6, 6.07) is 14.2. The van der Waals surface area contributed by atoms with Crippen molar-refractivity contribution in [1.29, 1.82) is 5.26 Å². The van der Waals surface area contributed by atoms with Crippen molar-refractivity contribution in [3.63, 3.8) is 0 Å². The molecule has 0 aliphatic heterocycles. The fourth-order valence-corrected chi connectivity index (χ4v) is 3.15. The van der Waals surface area contributed by atoms with E-state index in [2.05, 4.69) is 48.9 Å². The largest absolute Gasteiger partial charge is 0.308 e. The number of rotatable bonds is 9. The van der Waals surface area contributed by atoms with E-state index in [-0.39, 0.29) is 0 Å². The third-order valence-corrected chi connectivity index (χ3v) is 4.71. The third-order valence-electron chi connectivity index (χ3n) is 4.71. The van der Waals surface area contributed by atoms with Gasteiger partial charge in [-0.15, -0.1) is 0 Å². The Balaban J connectivity index is 1.78. The van der Waals surface area contributed by atoms with Crippen molar-refractivity contribution >= 4 is 0 Å². The highest BCUT2D eigenvalue weighted by molar-refractivity contribution is 5.40. The van der Waals surface area contributed by atoms with Gasteiger partial charge >= 0.3 is 0 Å². The Morgan fingerprint density at radius 2 is 1.74 bits per heavy atom. The molecule has 1 aromatic carbocycles. The van der Waals surface area contributed by atoms with Gasteiger partial charge in [-0.3, -0.25) is 0 Å². The van der Waals surface area contributed by atoms with Gasteiger partial charge in [-0.25, -0.2) is 9.67 Å². The normalized spacial score (nSPS) is 10.9. The number of nitrogens with zero attached hydrogens (tertiary/aromatic N) is 5. The van der Waals surface area contributed by atoms with Gasteiger partial charge in [0, 0.05) is 24.7 Å². The Kier molecular flexibility index (Phi) is 6.43. The Morgan fingerprint density at radius 1 is 1.00 bits per heavy atom. The fraction of sp³-hybridized carbons (Fsp3) is 0.409. The number of aryl methyl sites for hydroxylation is 2. The van der Waals surface area contributed by atoms with Gasteiger partial charge < -0.3 is 4.57 Å². The average molecular weight is 361 g/mol. The summed E-state index contributed by atoms with van der Waals surface area (Å²) in [5.74, 6) is 2.05. The number of hydrogen-bond donors (Lipinski definition) is 0. The maximum absolute atomic E-state index is 9.19. The molecule has 0 radical (unpaired) electrons. The van der Waals surface area contributed by atoms with Crippen molar-refractivity contribution in [2.75, 3.05) is 0 Å². The molecular weight excluding hydrogens is 334 g/mol. The van der Waals surface area contributed by atoms with Crippen LogP contribution in [0.5, 0.6) is 0 Å². The molecule has 140 valence electrons. The molecule has 0 atom stereocenters. The Bertz CT molecular complexity index is 896. The van der Waals surface area contributed by atoms with E-state index in [1.807, 2.05) is 22.9 Å². The smallest absolute Gasteiger partial charge is 0.150 e. The molecule has 2 aromatic heterocycles. The van der Waals surface area contributed by atoms with E-state index in [0.29, 0.717) is 5.69 Å². The van der Waals surface area contributed by atoms with Crippen LogP contribution in [-0.2, 0) is 19.4 Å². The summed E-state index contributed by atoms with van der Waals surface area (Å²) in [6.07, 6.45) is 8.41. The Hall–Kier alpha value is -2.87. The lowest BCUT2D eigenvalue weighted by atomic mass is 10.2. The summed E-state index contributed by atoms with van der Waals surface area (Å²) in [5, 5.41) is 13.9. The summed E-state index contributed by atoms with van der Waals surface area (Å²) in [6.45, 7) is 5.13. The van der Waals surface area contributed by atoms with Crippen LogP contribution in [0.3, 0.4) is 0 Å². The Morgan fingerprint density at radius 3 is 2.44 bits per heavy atom. The van der Waals surface area contributed by atoms with Crippen LogP contribution in [0.1, 0.15) is 62.4 Å². The average Bonchev–Trinajstić information content (AvgIpc) is 3.32. The quantitative estimate of drug-likeness (QED) is 0.556. The summed E-state index contributed by atoms with van der Waals surface area (Å²) in [7, 11) is 0. The van der Waals surface area contributed by atoms with Crippen LogP contribution in [0.15, 0.2) is 42.6 Å². The van der Waals surface area contributed by atoms with Gasteiger partial charge in [-0.2, -0.15) is 10.4 Å². The van der Waals surface area contributed by atoms with Crippen LogP contribution in [-0.4, -0.2) is 19.3 Å². The van der Waals surface area contributed by atoms with Crippen molar-refractivity contribution in [3.8, 4) is 11.8 Å². The second-order valence-corrected chi connectivity index (χ2v) is 6.85. The maximum atomic E-state index is 9.19. The highest BCUT2D eigenvalue weighted by atomic mass is 15.3. The molecule has 27 heavy (non-hydrogen) atoms. The molecule has 5 heteroatoms. The van der Waals surface area contributed by atoms with Crippen LogP contribution < -0.4 is 0 Å². The second kappa shape index (κ2) is 9.18. The lowest BCUT2D eigenvalue weighted by Gasteiger charge is -2.08. The van der Waals surface area contributed by atoms with Gasteiger partial charge in [0.1, 0.15) is 17.6 Å². The first-order chi connectivity index (χ1) is 13.2. The number of aromatic nitrogens is 4. The molecule has 0 amide bonds. The van der Waals surface area contributed by atoms with Crippen molar-refractivity contribution in [3.05, 3.63) is 65.5 Å². The van der Waals surface area contributed by atoms with E-state index in [9.17, 15) is 5.26 Å². The second-order valence-electron chi connectivity index (χ2n) is 6.85. The molecule has 0 saturated carbocycles. The summed E-state index contributed by atoms with van der Waals surface area (Å²) >= 11 is 0. The van der Waals surface area contributed by atoms with Crippen LogP contribution >= 0.6 is 0 Å². The van der Waals surface area contributed by atoms with E-state index >= 15 is 0 Å². The van der Waals surface area contributed by atoms with E-state index in [4.69, 9.17) is 10.1 Å². The number of nitriles is 1. The zero-order valence-electron chi connectivity index (χ0n) is 16.2. The minimum atomic E-state index is 0.640. The van der Waals surface area contributed by atoms with Gasteiger partial charge in [0.05, 0.1) is 6.54 Å². The van der Waals surface area contributed by atoms with Crippen molar-refractivity contribution < 1.29 is 0 Å². The Labute approximate surface area is 161 Å². The van der Waals surface area contributed by atoms with Gasteiger partial charge in [-0.1, -0.05) is 38.8 Å². The zero-order valence-corrected chi connectivity index (χ0v) is 16.2. The van der Waals surface area contributed by atoms with Crippen LogP contribution in [0.25, 0.3) is 5.69 Å². The molecule has 5 nitrogen and oxygen atoms in total. The molecule has 0 aliphatic carbocycles. The predicted molar refractivity (Wildman–Crippen MR) is 107 cm³/mol. The van der Waals surface area contributed by atoms with E-state index < -0.39 is 0 Å². The first-order valence-corrected chi connectivity index (χ1v) is 9.84. The van der Waals surface area contributed by atoms with Crippen molar-refractivity contribution in [2.45, 2.75) is 58.9 Å². The minimum absolute atomic E-state index is 0.640. The summed E-state index contributed by atoms with van der Waals surface area (Å²) < 4.78 is 3.96. The lowest BCUT2D eigenvalue weighted by molar-refractivity contribution is 0.612. The maximum Gasteiger partial charge on any atom is 0.150 e. The van der Waals surface area contributed by atoms with Crippen molar-refractivity contribution in [2.24, 2.45) is 0 Å². The highest BCUT2D eigenvalue weighted by Gasteiger charge is 2.10. The first kappa shape index (κ1) is 18.9. The molecule has 2 heterocycles. The van der Waals surface area contributed by atoms with Gasteiger partial charge in [0.2, 0.25) is 0 Å². The topological polar surface area (TPSA) is 59.4 Å². The number of hydrogen-bond acceptors (Lipinski definition) is 3. The standard InChI is InChI=1S/C22H27N5/c1-3-5-9-21-24-22(10-6-4-2)27(25-21)17-18-11-13-19(14-12-18)26-15-7-8-20(26)16-23/h7-8,11-15H,3-6,9-10,17H2,1-2H3. The van der Waals surface area contributed by atoms with Crippen LogP contribution in [0, 0.1) is 11.3 Å². The number of unbranched alkanes of at least 4 members (excludes halogenated alkanes) is 2. The minimum Gasteiger partial charge on any atom is -0.308 e. The monoisotopic (exact) mass is 361 g/mol. The first-order valence-electron chi connectivity index (χ1n) is 9.84. The van der Waals surface area contributed by atoms with Crippen molar-refractivity contribution in [1.82, 2.24) is 19.3 Å². The molecular formula is C22H27N5. The molecule has 0 aliphatic rings. The van der Waals surface area contributed by atoms with E-state index in [1.54, 1.807) is 0 Å². The highest BCUT2D eigenvalue weighted by Crippen LogP contribution is 2.15. The SMILES string of the molecule is CCCCc1nc(CCCC)n(Cc2ccc(-n3cccc3C#N)cc2)n1. The molecule has 3 rings (SSSR count). The molecule has 0 N–H and O–H groups in total. The summed E-state index contributed by atoms with van der Waals surface area (Å²) in [4.78, 5) is 4.77. The third kappa shape index (κ3) is 4.65. The molecule has 0 saturated heterocycles. The summed E-state index contributed by atoms with van der Waals surface area (Å²) in [5.41, 5.74) is 2.82. The molecule has 0 unspecified atom stereocenters. The fourth-order valence-electron chi connectivity index (χ4n) is 3.15. The zero-order chi connectivity index (χ0) is 19.1. The predicted octanol–water partition coefficient (Wildman–Crippen LogP) is 4.67. The van der Waals surface area contributed by atoms with Crippen LogP contribution in [0.2, 0.25) is 0 Å². The number of benzene rings is 1. The van der Waals surface area contributed by atoms with Crippen LogP contribution in [0.4, 0.5) is 0 Å². The molecule has 0 bridgehead atoms. The molecule has 0 spiro atoms. The molecule has 3 aromatic rings. The van der Waals surface area contributed by atoms with E-state index in [1.165, 1.54) is 5.56 Å². The van der Waals surface area contributed by atoms with Gasteiger partial charge in [-0.05, 0) is 42.7 Å². The lowest BCUT2D eigenvalue weighted by Crippen LogP contribution is -2.07.